The van der Waals surface area contributed by atoms with Crippen molar-refractivity contribution < 1.29 is 76.5 Å². The van der Waals surface area contributed by atoms with Crippen molar-refractivity contribution in [1.82, 2.24) is 0 Å². The molecule has 2 aromatic rings. The van der Waals surface area contributed by atoms with Gasteiger partial charge < -0.3 is 57.4 Å². The molecule has 4 heterocycles. The van der Waals surface area contributed by atoms with Gasteiger partial charge in [-0.15, -0.1) is 0 Å². The molecule has 2 aromatic carbocycles. The van der Waals surface area contributed by atoms with Crippen molar-refractivity contribution in [3.63, 3.8) is 0 Å². The number of phosphoric ester groups is 1. The van der Waals surface area contributed by atoms with E-state index in [0.717, 1.165) is 0 Å². The summed E-state index contributed by atoms with van der Waals surface area (Å²) in [6.07, 6.45) is -7.18. The van der Waals surface area contributed by atoms with E-state index in [-0.39, 0.29) is 37.3 Å². The van der Waals surface area contributed by atoms with Crippen LogP contribution >= 0.6 is 7.82 Å². The zero-order valence-corrected chi connectivity index (χ0v) is 25.7. The highest BCUT2D eigenvalue weighted by molar-refractivity contribution is 7.46. The molecule has 17 heteroatoms. The van der Waals surface area contributed by atoms with Gasteiger partial charge in [-0.3, -0.25) is 14.6 Å². The van der Waals surface area contributed by atoms with E-state index in [4.69, 9.17) is 47.2 Å². The van der Waals surface area contributed by atoms with Crippen LogP contribution in [0.15, 0.2) is 24.3 Å². The van der Waals surface area contributed by atoms with Gasteiger partial charge in [0.05, 0.1) is 39.5 Å². The molecule has 4 N–H and O–H groups in total. The SMILES string of the molecule is COc1cc([C@@H]2c3cc4c(cc3[C@@H](O[C@@H]3O[C@@H]5CO[C@@H](C)O[C@H]5[C@H](O)[C@@H]3O)[C@H]3COC(=O)[C@H]23)OCO4)cc(OC)c1OP(=O)(O)O. The molecule has 0 aromatic heterocycles. The van der Waals surface area contributed by atoms with Crippen LogP contribution in [0.5, 0.6) is 28.7 Å². The lowest BCUT2D eigenvalue weighted by Gasteiger charge is -2.47. The number of carbonyl (C=O) groups is 1. The van der Waals surface area contributed by atoms with E-state index >= 15 is 0 Å². The average Bonchev–Trinajstić information content (AvgIpc) is 3.64. The van der Waals surface area contributed by atoms with Gasteiger partial charge in [0.2, 0.25) is 12.5 Å². The third-order valence-corrected chi connectivity index (χ3v) is 9.36. The fourth-order valence-corrected chi connectivity index (χ4v) is 7.35. The van der Waals surface area contributed by atoms with E-state index in [2.05, 4.69) is 0 Å². The maximum Gasteiger partial charge on any atom is 0.525 e. The van der Waals surface area contributed by atoms with Crippen LogP contribution in [0, 0.1) is 11.8 Å². The Bertz CT molecular complexity index is 1530. The van der Waals surface area contributed by atoms with Crippen LogP contribution in [0.25, 0.3) is 0 Å². The number of phosphoric acid groups is 1. The predicted octanol–water partition coefficient (Wildman–Crippen LogP) is 1.10. The minimum absolute atomic E-state index is 0.0303. The molecule has 0 spiro atoms. The Hall–Kier alpha value is -3.18. The Morgan fingerprint density at radius 1 is 0.891 bits per heavy atom. The van der Waals surface area contributed by atoms with Crippen LogP contribution in [0.4, 0.5) is 0 Å². The molecule has 3 saturated heterocycles. The lowest BCUT2D eigenvalue weighted by atomic mass is 9.66. The standard InChI is InChI=1S/C29H33O16P/c1-11-38-9-20-27(42-11)23(30)24(31)29(43-20)44-25-14-7-17-16(40-10-41-17)6-13(14)21(22-15(25)8-39-28(22)32)12-4-18(36-2)26(19(5-12)37-3)45-46(33,34)35/h4-7,11,15,20-25,27,29-31H,8-10H2,1-3H3,(H2,33,34,35)/t11-,15+,20-,21-,22+,23-,24+,25-,27-,29+/m1/s1. The maximum absolute atomic E-state index is 13.5. The molecule has 16 nitrogen and oxygen atoms in total. The fourth-order valence-electron chi connectivity index (χ4n) is 6.93. The fraction of sp³-hybridized carbons (Fsp3) is 0.552. The number of ether oxygens (including phenoxy) is 9. The van der Waals surface area contributed by atoms with Gasteiger partial charge in [-0.05, 0) is 47.9 Å². The van der Waals surface area contributed by atoms with Gasteiger partial charge in [-0.1, -0.05) is 0 Å². The van der Waals surface area contributed by atoms with E-state index in [1.54, 1.807) is 19.1 Å². The lowest BCUT2D eigenvalue weighted by molar-refractivity contribution is -0.364. The molecule has 250 valence electrons. The Morgan fingerprint density at radius 2 is 1.57 bits per heavy atom. The van der Waals surface area contributed by atoms with E-state index in [1.165, 1.54) is 26.4 Å². The van der Waals surface area contributed by atoms with Gasteiger partial charge >= 0.3 is 13.8 Å². The second-order valence-corrected chi connectivity index (χ2v) is 12.7. The molecule has 5 aliphatic rings. The van der Waals surface area contributed by atoms with E-state index in [0.29, 0.717) is 28.2 Å². The first-order valence-corrected chi connectivity index (χ1v) is 16.1. The Kier molecular flexibility index (Phi) is 8.07. The van der Waals surface area contributed by atoms with Crippen LogP contribution in [0.2, 0.25) is 0 Å². The number of fused-ring (bicyclic) bond motifs is 4. The van der Waals surface area contributed by atoms with Gasteiger partial charge in [0, 0.05) is 11.8 Å². The summed E-state index contributed by atoms with van der Waals surface area (Å²) < 4.78 is 68.1. The lowest BCUT2D eigenvalue weighted by Crippen LogP contribution is -2.63. The van der Waals surface area contributed by atoms with Crippen molar-refractivity contribution in [1.29, 1.82) is 0 Å². The first kappa shape index (κ1) is 31.4. The van der Waals surface area contributed by atoms with E-state index in [9.17, 15) is 29.4 Å². The Morgan fingerprint density at radius 3 is 2.22 bits per heavy atom. The summed E-state index contributed by atoms with van der Waals surface area (Å²) in [4.78, 5) is 32.5. The largest absolute Gasteiger partial charge is 0.525 e. The van der Waals surface area contributed by atoms with Crippen LogP contribution in [-0.4, -0.2) is 97.2 Å². The third kappa shape index (κ3) is 5.37. The monoisotopic (exact) mass is 668 g/mol. The van der Waals surface area contributed by atoms with Gasteiger partial charge in [0.1, 0.15) is 24.4 Å². The Labute approximate surface area is 262 Å². The van der Waals surface area contributed by atoms with Gasteiger partial charge in [0.25, 0.3) is 0 Å². The average molecular weight is 669 g/mol. The molecule has 0 radical (unpaired) electrons. The minimum atomic E-state index is -5.00. The smallest absolute Gasteiger partial charge is 0.493 e. The number of methoxy groups -OCH3 is 2. The van der Waals surface area contributed by atoms with Crippen LogP contribution in [-0.2, 0) is 33.0 Å². The summed E-state index contributed by atoms with van der Waals surface area (Å²) in [7, 11) is -2.40. The molecule has 1 aliphatic carbocycles. The van der Waals surface area contributed by atoms with Crippen LogP contribution in [0.3, 0.4) is 0 Å². The summed E-state index contributed by atoms with van der Waals surface area (Å²) >= 11 is 0. The maximum atomic E-state index is 13.5. The number of cyclic esters (lactones) is 1. The third-order valence-electron chi connectivity index (χ3n) is 8.94. The normalized spacial score (nSPS) is 34.6. The zero-order chi connectivity index (χ0) is 32.5. The number of benzene rings is 2. The first-order valence-electron chi connectivity index (χ1n) is 14.5. The summed E-state index contributed by atoms with van der Waals surface area (Å²) in [5.74, 6) is -2.25. The van der Waals surface area contributed by atoms with Gasteiger partial charge in [-0.2, -0.15) is 0 Å². The zero-order valence-electron chi connectivity index (χ0n) is 24.8. The van der Waals surface area contributed by atoms with E-state index in [1.807, 2.05) is 0 Å². The molecule has 10 atom stereocenters. The van der Waals surface area contributed by atoms with E-state index < -0.39 is 74.6 Å². The second-order valence-electron chi connectivity index (χ2n) is 11.6. The molecule has 0 unspecified atom stereocenters. The molecule has 7 rings (SSSR count). The molecular formula is C29H33O16P. The summed E-state index contributed by atoms with van der Waals surface area (Å²) in [6, 6.07) is 6.47. The number of hydrogen-bond acceptors (Lipinski definition) is 14. The number of aliphatic hydroxyl groups is 2. The quantitative estimate of drug-likeness (QED) is 0.241. The van der Waals surface area contributed by atoms with Crippen molar-refractivity contribution in [2.24, 2.45) is 11.8 Å². The number of hydrogen-bond donors (Lipinski definition) is 4. The number of esters is 1. The van der Waals surface area contributed by atoms with Gasteiger partial charge in [-0.25, -0.2) is 4.57 Å². The van der Waals surface area contributed by atoms with Crippen LogP contribution < -0.4 is 23.5 Å². The number of aliphatic hydroxyl groups excluding tert-OH is 2. The molecule has 46 heavy (non-hydrogen) atoms. The molecule has 0 saturated carbocycles. The molecule has 0 amide bonds. The summed E-state index contributed by atoms with van der Waals surface area (Å²) in [5, 5.41) is 22.0. The highest BCUT2D eigenvalue weighted by Crippen LogP contribution is 2.57. The molecule has 3 fully saturated rings. The van der Waals surface area contributed by atoms with Crippen molar-refractivity contribution in [3.05, 3.63) is 41.0 Å². The Balaban J connectivity index is 1.32. The molecule has 0 bridgehead atoms. The van der Waals surface area contributed by atoms with Crippen molar-refractivity contribution in [2.45, 2.75) is 55.9 Å². The predicted molar refractivity (Wildman–Crippen MR) is 149 cm³/mol. The highest BCUT2D eigenvalue weighted by Gasteiger charge is 2.56. The molecular weight excluding hydrogens is 635 g/mol. The second kappa shape index (κ2) is 11.8. The van der Waals surface area contributed by atoms with Crippen LogP contribution in [0.1, 0.15) is 35.6 Å². The molecule has 4 aliphatic heterocycles. The number of rotatable bonds is 7. The van der Waals surface area contributed by atoms with Gasteiger partial charge in [0.15, 0.2) is 35.6 Å². The summed E-state index contributed by atoms with van der Waals surface area (Å²) in [5.41, 5.74) is 1.65. The highest BCUT2D eigenvalue weighted by atomic mass is 31.2. The number of carbonyl (C=O) groups excluding carboxylic acids is 1. The topological polar surface area (TPSA) is 207 Å². The first-order chi connectivity index (χ1) is 22.0. The van der Waals surface area contributed by atoms with Crippen molar-refractivity contribution in [3.8, 4) is 28.7 Å². The summed E-state index contributed by atoms with van der Waals surface area (Å²) in [6.45, 7) is 1.72. The van der Waals surface area contributed by atoms with Crippen molar-refractivity contribution >= 4 is 13.8 Å². The minimum Gasteiger partial charge on any atom is -0.493 e. The van der Waals surface area contributed by atoms with Crippen molar-refractivity contribution in [2.75, 3.05) is 34.2 Å².